The van der Waals surface area contributed by atoms with Crippen molar-refractivity contribution < 1.29 is 4.79 Å². The van der Waals surface area contributed by atoms with Gasteiger partial charge in [0.1, 0.15) is 0 Å². The van der Waals surface area contributed by atoms with Crippen LogP contribution in [-0.2, 0) is 0 Å². The fourth-order valence-electron chi connectivity index (χ4n) is 1.81. The van der Waals surface area contributed by atoms with Gasteiger partial charge in [-0.2, -0.15) is 0 Å². The second kappa shape index (κ2) is 6.05. The molecule has 0 spiro atoms. The Morgan fingerprint density at radius 3 is 2.82 bits per heavy atom. The van der Waals surface area contributed by atoms with Crippen LogP contribution in [-0.4, -0.2) is 29.9 Å². The molecule has 1 aromatic rings. The van der Waals surface area contributed by atoms with Crippen molar-refractivity contribution in [3.63, 3.8) is 0 Å². The molecular weight excluding hydrogens is 327 g/mol. The number of nitrogens with zero attached hydrogens (tertiary/aromatic N) is 1. The van der Waals surface area contributed by atoms with Crippen LogP contribution in [0.15, 0.2) is 22.7 Å². The lowest BCUT2D eigenvalue weighted by molar-refractivity contribution is 0.0791. The predicted molar refractivity (Wildman–Crippen MR) is 74.9 cm³/mol. The van der Waals surface area contributed by atoms with E-state index in [-0.39, 0.29) is 24.4 Å². The van der Waals surface area contributed by atoms with Gasteiger partial charge in [0.2, 0.25) is 0 Å². The van der Waals surface area contributed by atoms with E-state index in [1.807, 2.05) is 6.07 Å². The summed E-state index contributed by atoms with van der Waals surface area (Å²) in [6, 6.07) is 5.45. The molecule has 1 aromatic carbocycles. The molecule has 1 fully saturated rings. The van der Waals surface area contributed by atoms with Crippen LogP contribution in [0.5, 0.6) is 0 Å². The molecule has 1 saturated heterocycles. The molecule has 0 aromatic heterocycles. The minimum absolute atomic E-state index is 0. The highest BCUT2D eigenvalue weighted by Crippen LogP contribution is 2.27. The summed E-state index contributed by atoms with van der Waals surface area (Å²) in [4.78, 5) is 13.9. The van der Waals surface area contributed by atoms with Gasteiger partial charge >= 0.3 is 0 Å². The van der Waals surface area contributed by atoms with Crippen LogP contribution in [0.2, 0.25) is 5.02 Å². The lowest BCUT2D eigenvalue weighted by Crippen LogP contribution is -2.32. The molecule has 1 aliphatic rings. The summed E-state index contributed by atoms with van der Waals surface area (Å²) in [6.45, 7) is 1.32. The minimum Gasteiger partial charge on any atom is -0.337 e. The molecule has 0 aliphatic carbocycles. The molecule has 0 unspecified atom stereocenters. The van der Waals surface area contributed by atoms with Gasteiger partial charge in [-0.25, -0.2) is 0 Å². The van der Waals surface area contributed by atoms with E-state index in [0.29, 0.717) is 23.7 Å². The zero-order chi connectivity index (χ0) is 11.7. The van der Waals surface area contributed by atoms with Crippen LogP contribution in [0.1, 0.15) is 16.8 Å². The van der Waals surface area contributed by atoms with Crippen LogP contribution >= 0.6 is 39.9 Å². The van der Waals surface area contributed by atoms with E-state index in [9.17, 15) is 4.79 Å². The Morgan fingerprint density at radius 2 is 2.24 bits per heavy atom. The van der Waals surface area contributed by atoms with E-state index >= 15 is 0 Å². The van der Waals surface area contributed by atoms with E-state index in [0.717, 1.165) is 10.9 Å². The van der Waals surface area contributed by atoms with Gasteiger partial charge in [0.25, 0.3) is 5.91 Å². The molecule has 0 radical (unpaired) electrons. The fourth-order valence-corrected chi connectivity index (χ4v) is 2.38. The molecule has 2 rings (SSSR count). The molecule has 1 atom stereocenters. The van der Waals surface area contributed by atoms with Crippen LogP contribution in [0.4, 0.5) is 0 Å². The van der Waals surface area contributed by atoms with Crippen molar-refractivity contribution in [1.82, 2.24) is 4.90 Å². The molecule has 94 valence electrons. The van der Waals surface area contributed by atoms with E-state index < -0.39 is 0 Å². The van der Waals surface area contributed by atoms with Gasteiger partial charge in [0, 0.05) is 23.6 Å². The summed E-state index contributed by atoms with van der Waals surface area (Å²) >= 11 is 9.38. The zero-order valence-corrected chi connectivity index (χ0v) is 12.2. The number of hydrogen-bond acceptors (Lipinski definition) is 2. The summed E-state index contributed by atoms with van der Waals surface area (Å²) in [5.41, 5.74) is 6.31. The van der Waals surface area contributed by atoms with Gasteiger partial charge < -0.3 is 10.6 Å². The Morgan fingerprint density at radius 1 is 1.53 bits per heavy atom. The molecule has 1 heterocycles. The Balaban J connectivity index is 0.00000144. The lowest BCUT2D eigenvalue weighted by atomic mass is 10.2. The molecule has 0 saturated carbocycles. The van der Waals surface area contributed by atoms with Gasteiger partial charge in [-0.05, 0) is 34.5 Å². The Bertz CT molecular complexity index is 428. The van der Waals surface area contributed by atoms with Gasteiger partial charge in [-0.3, -0.25) is 4.79 Å². The van der Waals surface area contributed by atoms with Crippen molar-refractivity contribution in [2.45, 2.75) is 12.5 Å². The highest BCUT2D eigenvalue weighted by molar-refractivity contribution is 9.10. The van der Waals surface area contributed by atoms with Crippen molar-refractivity contribution in [3.8, 4) is 0 Å². The van der Waals surface area contributed by atoms with E-state index in [1.54, 1.807) is 17.0 Å². The number of rotatable bonds is 1. The second-order valence-corrected chi connectivity index (χ2v) is 5.13. The van der Waals surface area contributed by atoms with Crippen molar-refractivity contribution in [2.24, 2.45) is 5.73 Å². The van der Waals surface area contributed by atoms with Crippen LogP contribution in [0.3, 0.4) is 0 Å². The summed E-state index contributed by atoms with van der Waals surface area (Å²) in [6.07, 6.45) is 0.858. The Labute approximate surface area is 120 Å². The Kier molecular flexibility index (Phi) is 5.25. The van der Waals surface area contributed by atoms with Crippen LogP contribution in [0, 0.1) is 0 Å². The number of benzene rings is 1. The third kappa shape index (κ3) is 3.13. The molecule has 17 heavy (non-hydrogen) atoms. The average molecular weight is 340 g/mol. The van der Waals surface area contributed by atoms with Crippen molar-refractivity contribution in [3.05, 3.63) is 33.3 Å². The first-order valence-corrected chi connectivity index (χ1v) is 6.25. The summed E-state index contributed by atoms with van der Waals surface area (Å²) in [5.74, 6) is -0.0424. The number of likely N-dealkylation sites (tertiary alicyclic amines) is 1. The highest BCUT2D eigenvalue weighted by Gasteiger charge is 2.26. The Hall–Kier alpha value is -0.290. The number of hydrogen-bond donors (Lipinski definition) is 1. The first-order chi connectivity index (χ1) is 7.59. The minimum atomic E-state index is -0.0424. The lowest BCUT2D eigenvalue weighted by Gasteiger charge is -2.16. The predicted octanol–water partition coefficient (Wildman–Crippen LogP) is 2.70. The average Bonchev–Trinajstić information content (AvgIpc) is 2.68. The third-order valence-corrected chi connectivity index (χ3v) is 3.99. The molecule has 0 bridgehead atoms. The SMILES string of the molecule is Cl.N[C@H]1CCN(C(=O)c2cccc(Br)c2Cl)C1. The molecule has 2 N–H and O–H groups in total. The third-order valence-electron chi connectivity index (χ3n) is 2.69. The van der Waals surface area contributed by atoms with Gasteiger partial charge in [0.05, 0.1) is 10.6 Å². The fraction of sp³-hybridized carbons (Fsp3) is 0.364. The second-order valence-electron chi connectivity index (χ2n) is 3.90. The molecular formula is C11H13BrCl2N2O. The van der Waals surface area contributed by atoms with Gasteiger partial charge in [-0.15, -0.1) is 12.4 Å². The maximum absolute atomic E-state index is 12.1. The normalized spacial score (nSPS) is 19.0. The van der Waals surface area contributed by atoms with Gasteiger partial charge in [0.15, 0.2) is 0 Å². The standard InChI is InChI=1S/C11H12BrClN2O.ClH/c12-9-3-1-2-8(10(9)13)11(16)15-5-4-7(14)6-15;/h1-3,7H,4-6,14H2;1H/t7-;/m0./s1. The highest BCUT2D eigenvalue weighted by atomic mass is 79.9. The number of halogens is 3. The van der Waals surface area contributed by atoms with E-state index in [2.05, 4.69) is 15.9 Å². The number of carbonyl (C=O) groups is 1. The number of nitrogens with two attached hydrogens (primary N) is 1. The van der Waals surface area contributed by atoms with Crippen molar-refractivity contribution in [2.75, 3.05) is 13.1 Å². The zero-order valence-electron chi connectivity index (χ0n) is 9.03. The summed E-state index contributed by atoms with van der Waals surface area (Å²) < 4.78 is 0.739. The van der Waals surface area contributed by atoms with Crippen LogP contribution < -0.4 is 5.73 Å². The largest absolute Gasteiger partial charge is 0.337 e. The molecule has 1 aliphatic heterocycles. The molecule has 1 amide bonds. The number of amides is 1. The smallest absolute Gasteiger partial charge is 0.255 e. The maximum atomic E-state index is 12.1. The quantitative estimate of drug-likeness (QED) is 0.855. The van der Waals surface area contributed by atoms with E-state index in [1.165, 1.54) is 0 Å². The summed E-state index contributed by atoms with van der Waals surface area (Å²) in [5, 5.41) is 0.466. The monoisotopic (exact) mass is 338 g/mol. The first kappa shape index (κ1) is 14.8. The molecule has 6 heteroatoms. The van der Waals surface area contributed by atoms with E-state index in [4.69, 9.17) is 17.3 Å². The summed E-state index contributed by atoms with van der Waals surface area (Å²) in [7, 11) is 0. The van der Waals surface area contributed by atoms with Gasteiger partial charge in [-0.1, -0.05) is 17.7 Å². The van der Waals surface area contributed by atoms with Crippen molar-refractivity contribution >= 4 is 45.8 Å². The van der Waals surface area contributed by atoms with Crippen LogP contribution in [0.25, 0.3) is 0 Å². The first-order valence-electron chi connectivity index (χ1n) is 5.08. The van der Waals surface area contributed by atoms with Crippen molar-refractivity contribution in [1.29, 1.82) is 0 Å². The topological polar surface area (TPSA) is 46.3 Å². The maximum Gasteiger partial charge on any atom is 0.255 e. The molecule has 3 nitrogen and oxygen atoms in total. The number of carbonyl (C=O) groups excluding carboxylic acids is 1.